The van der Waals surface area contributed by atoms with Gasteiger partial charge < -0.3 is 10.6 Å². The first-order valence-electron chi connectivity index (χ1n) is 6.57. The number of para-hydroxylation sites is 1. The van der Waals surface area contributed by atoms with Gasteiger partial charge in [0.25, 0.3) is 0 Å². The molecule has 2 N–H and O–H groups in total. The lowest BCUT2D eigenvalue weighted by Crippen LogP contribution is -2.36. The molecule has 0 spiro atoms. The molecule has 0 amide bonds. The molecule has 0 saturated heterocycles. The average molecular weight is 269 g/mol. The molecular weight excluding hydrogens is 253 g/mol. The second-order valence-corrected chi connectivity index (χ2v) is 4.95. The third-order valence-electron chi connectivity index (χ3n) is 3.53. The van der Waals surface area contributed by atoms with E-state index in [9.17, 15) is 4.39 Å². The average Bonchev–Trinajstić information content (AvgIpc) is 2.84. The molecule has 2 aromatic rings. The number of benzene rings is 2. The summed E-state index contributed by atoms with van der Waals surface area (Å²) < 4.78 is 14.1. The number of rotatable bonds is 2. The highest BCUT2D eigenvalue weighted by molar-refractivity contribution is 5.97. The summed E-state index contributed by atoms with van der Waals surface area (Å²) in [6.07, 6.45) is 0. The minimum absolute atomic E-state index is 0.183. The number of nitrogens with two attached hydrogens (primary N) is 1. The molecule has 0 aromatic heterocycles. The number of hydrogen-bond acceptors (Lipinski definition) is 3. The zero-order valence-corrected chi connectivity index (χ0v) is 11.3. The number of guanidine groups is 1. The van der Waals surface area contributed by atoms with Crippen molar-refractivity contribution in [2.75, 3.05) is 11.4 Å². The lowest BCUT2D eigenvalue weighted by molar-refractivity contribution is 0.589. The van der Waals surface area contributed by atoms with E-state index < -0.39 is 0 Å². The van der Waals surface area contributed by atoms with Gasteiger partial charge in [0.05, 0.1) is 12.6 Å². The third kappa shape index (κ3) is 2.13. The number of aliphatic imine (C=N–C) groups is 1. The Morgan fingerprint density at radius 3 is 2.70 bits per heavy atom. The minimum Gasteiger partial charge on any atom is -0.369 e. The van der Waals surface area contributed by atoms with Crippen LogP contribution in [0, 0.1) is 12.7 Å². The van der Waals surface area contributed by atoms with Crippen molar-refractivity contribution in [2.24, 2.45) is 10.7 Å². The number of nitrogens with zero attached hydrogens (tertiary/aromatic N) is 2. The number of hydrogen-bond donors (Lipinski definition) is 1. The Balaban J connectivity index is 2.04. The largest absolute Gasteiger partial charge is 0.369 e. The van der Waals surface area contributed by atoms with Gasteiger partial charge in [0.1, 0.15) is 5.82 Å². The van der Waals surface area contributed by atoms with Crippen LogP contribution >= 0.6 is 0 Å². The molecule has 4 heteroatoms. The van der Waals surface area contributed by atoms with E-state index >= 15 is 0 Å². The maximum absolute atomic E-state index is 14.1. The molecule has 3 rings (SSSR count). The first-order valence-corrected chi connectivity index (χ1v) is 6.57. The monoisotopic (exact) mass is 269 g/mol. The molecule has 1 atom stereocenters. The van der Waals surface area contributed by atoms with Crippen LogP contribution in [0.2, 0.25) is 0 Å². The summed E-state index contributed by atoms with van der Waals surface area (Å²) >= 11 is 0. The van der Waals surface area contributed by atoms with E-state index in [1.165, 1.54) is 6.07 Å². The lowest BCUT2D eigenvalue weighted by atomic mass is 10.0. The third-order valence-corrected chi connectivity index (χ3v) is 3.53. The molecule has 0 fully saturated rings. The van der Waals surface area contributed by atoms with Crippen LogP contribution in [0.1, 0.15) is 17.2 Å². The highest BCUT2D eigenvalue weighted by Gasteiger charge is 2.30. The Morgan fingerprint density at radius 1 is 1.20 bits per heavy atom. The smallest absolute Gasteiger partial charge is 0.196 e. The van der Waals surface area contributed by atoms with Crippen LogP contribution in [0.4, 0.5) is 10.1 Å². The van der Waals surface area contributed by atoms with E-state index in [2.05, 4.69) is 4.99 Å². The molecule has 0 bridgehead atoms. The normalized spacial score (nSPS) is 18.2. The van der Waals surface area contributed by atoms with Gasteiger partial charge in [-0.05, 0) is 25.1 Å². The molecule has 20 heavy (non-hydrogen) atoms. The maximum atomic E-state index is 14.1. The van der Waals surface area contributed by atoms with E-state index in [0.29, 0.717) is 18.1 Å². The fourth-order valence-corrected chi connectivity index (χ4v) is 2.55. The van der Waals surface area contributed by atoms with Crippen molar-refractivity contribution < 1.29 is 4.39 Å². The van der Waals surface area contributed by atoms with E-state index in [0.717, 1.165) is 11.3 Å². The molecule has 2 aromatic carbocycles. The van der Waals surface area contributed by atoms with Gasteiger partial charge in [0.2, 0.25) is 0 Å². The summed E-state index contributed by atoms with van der Waals surface area (Å²) in [7, 11) is 0. The summed E-state index contributed by atoms with van der Waals surface area (Å²) in [5.74, 6) is 0.216. The Kier molecular flexibility index (Phi) is 3.14. The zero-order chi connectivity index (χ0) is 14.1. The van der Waals surface area contributed by atoms with Crippen LogP contribution in [0.15, 0.2) is 53.5 Å². The Labute approximate surface area is 117 Å². The first-order chi connectivity index (χ1) is 9.66. The molecule has 1 aliphatic heterocycles. The number of halogens is 1. The van der Waals surface area contributed by atoms with Gasteiger partial charge in [-0.2, -0.15) is 0 Å². The summed E-state index contributed by atoms with van der Waals surface area (Å²) in [6, 6.07) is 14.7. The van der Waals surface area contributed by atoms with E-state index in [-0.39, 0.29) is 11.9 Å². The zero-order valence-electron chi connectivity index (χ0n) is 11.3. The Morgan fingerprint density at radius 2 is 1.95 bits per heavy atom. The SMILES string of the molecule is Cc1ccc(F)c(C2CN=C(N)N2c2ccccc2)c1. The summed E-state index contributed by atoms with van der Waals surface area (Å²) in [5.41, 5.74) is 8.57. The van der Waals surface area contributed by atoms with E-state index in [1.54, 1.807) is 6.07 Å². The fraction of sp³-hybridized carbons (Fsp3) is 0.188. The molecule has 0 radical (unpaired) electrons. The van der Waals surface area contributed by atoms with Crippen molar-refractivity contribution in [3.8, 4) is 0 Å². The molecule has 3 nitrogen and oxygen atoms in total. The second kappa shape index (κ2) is 4.96. The Bertz CT molecular complexity index is 652. The standard InChI is InChI=1S/C16H16FN3/c1-11-7-8-14(17)13(9-11)15-10-19-16(18)20(15)12-5-3-2-4-6-12/h2-9,15H,10H2,1H3,(H2,18,19). The van der Waals surface area contributed by atoms with Gasteiger partial charge in [0, 0.05) is 11.3 Å². The van der Waals surface area contributed by atoms with Crippen molar-refractivity contribution in [1.82, 2.24) is 0 Å². The first kappa shape index (κ1) is 12.7. The van der Waals surface area contributed by atoms with Crippen LogP contribution in [-0.2, 0) is 0 Å². The lowest BCUT2D eigenvalue weighted by Gasteiger charge is -2.27. The molecule has 1 aliphatic rings. The molecule has 1 unspecified atom stereocenters. The predicted molar refractivity (Wildman–Crippen MR) is 79.3 cm³/mol. The molecule has 0 saturated carbocycles. The summed E-state index contributed by atoms with van der Waals surface area (Å²) in [6.45, 7) is 2.43. The van der Waals surface area contributed by atoms with Crippen LogP contribution in [0.5, 0.6) is 0 Å². The Hall–Kier alpha value is -2.36. The highest BCUT2D eigenvalue weighted by atomic mass is 19.1. The van der Waals surface area contributed by atoms with Crippen LogP contribution in [0.25, 0.3) is 0 Å². The van der Waals surface area contributed by atoms with Gasteiger partial charge >= 0.3 is 0 Å². The maximum Gasteiger partial charge on any atom is 0.196 e. The van der Waals surface area contributed by atoms with Gasteiger partial charge in [-0.1, -0.05) is 35.9 Å². The molecular formula is C16H16FN3. The van der Waals surface area contributed by atoms with Crippen molar-refractivity contribution in [2.45, 2.75) is 13.0 Å². The van der Waals surface area contributed by atoms with Gasteiger partial charge in [-0.25, -0.2) is 4.39 Å². The van der Waals surface area contributed by atoms with Crippen LogP contribution < -0.4 is 10.6 Å². The van der Waals surface area contributed by atoms with Gasteiger partial charge in [-0.15, -0.1) is 0 Å². The number of aryl methyl sites for hydroxylation is 1. The van der Waals surface area contributed by atoms with Crippen molar-refractivity contribution in [3.63, 3.8) is 0 Å². The van der Waals surface area contributed by atoms with Crippen LogP contribution in [0.3, 0.4) is 0 Å². The number of anilines is 1. The molecule has 0 aliphatic carbocycles. The van der Waals surface area contributed by atoms with E-state index in [4.69, 9.17) is 5.73 Å². The minimum atomic E-state index is -0.216. The van der Waals surface area contributed by atoms with Crippen molar-refractivity contribution in [1.29, 1.82) is 0 Å². The van der Waals surface area contributed by atoms with Gasteiger partial charge in [0.15, 0.2) is 5.96 Å². The highest BCUT2D eigenvalue weighted by Crippen LogP contribution is 2.32. The molecule has 102 valence electrons. The van der Waals surface area contributed by atoms with Gasteiger partial charge in [-0.3, -0.25) is 4.99 Å². The summed E-state index contributed by atoms with van der Waals surface area (Å²) in [5, 5.41) is 0. The van der Waals surface area contributed by atoms with E-state index in [1.807, 2.05) is 48.2 Å². The topological polar surface area (TPSA) is 41.6 Å². The summed E-state index contributed by atoms with van der Waals surface area (Å²) in [4.78, 5) is 6.16. The van der Waals surface area contributed by atoms with Crippen molar-refractivity contribution in [3.05, 3.63) is 65.5 Å². The van der Waals surface area contributed by atoms with Crippen molar-refractivity contribution >= 4 is 11.6 Å². The van der Waals surface area contributed by atoms with Crippen LogP contribution in [-0.4, -0.2) is 12.5 Å². The quantitative estimate of drug-likeness (QED) is 0.910. The predicted octanol–water partition coefficient (Wildman–Crippen LogP) is 3.01. The molecule has 1 heterocycles. The fourth-order valence-electron chi connectivity index (χ4n) is 2.55. The second-order valence-electron chi connectivity index (χ2n) is 4.95.